The van der Waals surface area contributed by atoms with Gasteiger partial charge >= 0.3 is 5.97 Å². The Labute approximate surface area is 121 Å². The van der Waals surface area contributed by atoms with Gasteiger partial charge in [0.2, 0.25) is 5.91 Å². The highest BCUT2D eigenvalue weighted by atomic mass is 16.6. The third-order valence-corrected chi connectivity index (χ3v) is 2.90. The molecule has 4 N–H and O–H groups in total. The highest BCUT2D eigenvalue weighted by Crippen LogP contribution is 2.27. The fraction of sp³-hybridized carbons (Fsp3) is 0.385. The number of carbonyl (C=O) groups excluding carboxylic acids is 1. The Morgan fingerprint density at radius 3 is 2.62 bits per heavy atom. The molecular weight excluding hydrogens is 278 g/mol. The van der Waals surface area contributed by atoms with Gasteiger partial charge in [-0.05, 0) is 18.6 Å². The van der Waals surface area contributed by atoms with Gasteiger partial charge in [-0.3, -0.25) is 19.7 Å². The van der Waals surface area contributed by atoms with E-state index in [1.807, 2.05) is 6.92 Å². The average Bonchev–Trinajstić information content (AvgIpc) is 2.38. The van der Waals surface area contributed by atoms with Crippen LogP contribution >= 0.6 is 0 Å². The number of aliphatic carboxylic acids is 1. The highest BCUT2D eigenvalue weighted by Gasteiger charge is 2.20. The van der Waals surface area contributed by atoms with Crippen molar-refractivity contribution in [2.45, 2.75) is 32.2 Å². The summed E-state index contributed by atoms with van der Waals surface area (Å²) < 4.78 is 0. The van der Waals surface area contributed by atoms with E-state index in [1.54, 1.807) is 0 Å². The van der Waals surface area contributed by atoms with Gasteiger partial charge < -0.3 is 16.2 Å². The Hall–Kier alpha value is -2.64. The zero-order chi connectivity index (χ0) is 16.0. The number of carboxylic acid groups (broad SMARTS) is 1. The molecule has 1 aromatic carbocycles. The summed E-state index contributed by atoms with van der Waals surface area (Å²) in [6.45, 7) is 1.89. The lowest BCUT2D eigenvalue weighted by Gasteiger charge is -2.17. The first kappa shape index (κ1) is 16.4. The maximum absolute atomic E-state index is 11.1. The lowest BCUT2D eigenvalue weighted by Crippen LogP contribution is -2.23. The van der Waals surface area contributed by atoms with Crippen LogP contribution in [0.4, 0.5) is 11.4 Å². The summed E-state index contributed by atoms with van der Waals surface area (Å²) in [5.41, 5.74) is 4.98. The van der Waals surface area contributed by atoms with E-state index in [1.165, 1.54) is 12.1 Å². The zero-order valence-corrected chi connectivity index (χ0v) is 11.5. The predicted molar refractivity (Wildman–Crippen MR) is 76.2 cm³/mol. The van der Waals surface area contributed by atoms with Crippen LogP contribution in [0, 0.1) is 10.1 Å². The maximum atomic E-state index is 11.1. The molecule has 8 heteroatoms. The normalized spacial score (nSPS) is 11.7. The Morgan fingerprint density at radius 1 is 1.48 bits per heavy atom. The lowest BCUT2D eigenvalue weighted by atomic mass is 10.1. The monoisotopic (exact) mass is 295 g/mol. The van der Waals surface area contributed by atoms with Crippen molar-refractivity contribution in [2.75, 3.05) is 5.32 Å². The van der Waals surface area contributed by atoms with E-state index in [4.69, 9.17) is 10.8 Å². The van der Waals surface area contributed by atoms with Crippen LogP contribution in [-0.2, 0) is 4.79 Å². The van der Waals surface area contributed by atoms with E-state index in [2.05, 4.69) is 5.32 Å². The van der Waals surface area contributed by atoms with Crippen molar-refractivity contribution in [3.8, 4) is 0 Å². The second kappa shape index (κ2) is 7.22. The summed E-state index contributed by atoms with van der Waals surface area (Å²) in [6.07, 6.45) is 1.14. The van der Waals surface area contributed by atoms with Crippen LogP contribution in [0.3, 0.4) is 0 Å². The van der Waals surface area contributed by atoms with Crippen molar-refractivity contribution in [2.24, 2.45) is 5.73 Å². The summed E-state index contributed by atoms with van der Waals surface area (Å²) in [6, 6.07) is 3.38. The summed E-state index contributed by atoms with van der Waals surface area (Å²) in [5.74, 6) is -1.75. The molecule has 0 saturated heterocycles. The number of primary amides is 1. The topological polar surface area (TPSA) is 136 Å². The predicted octanol–water partition coefficient (Wildman–Crippen LogP) is 1.75. The molecule has 1 amide bonds. The van der Waals surface area contributed by atoms with Gasteiger partial charge in [-0.15, -0.1) is 0 Å². The number of nitro benzene ring substituents is 1. The number of amides is 1. The molecular formula is C13H17N3O5. The number of benzene rings is 1. The SMILES string of the molecule is CCCC(CC(=O)O)Nc1ccc(C(N)=O)cc1[N+](=O)[O-]. The van der Waals surface area contributed by atoms with E-state index in [-0.39, 0.29) is 23.4 Å². The molecule has 1 aromatic rings. The smallest absolute Gasteiger partial charge is 0.305 e. The van der Waals surface area contributed by atoms with Crippen LogP contribution in [0.15, 0.2) is 18.2 Å². The van der Waals surface area contributed by atoms with Crippen molar-refractivity contribution in [1.82, 2.24) is 0 Å². The molecule has 0 saturated carbocycles. The minimum absolute atomic E-state index is 0.0255. The largest absolute Gasteiger partial charge is 0.481 e. The molecule has 0 aliphatic carbocycles. The molecule has 0 radical (unpaired) electrons. The number of rotatable bonds is 8. The standard InChI is InChI=1S/C13H17N3O5/c1-2-3-9(7-12(17)18)15-10-5-4-8(13(14)19)6-11(10)16(20)21/h4-6,9,15H,2-3,7H2,1H3,(H2,14,19)(H,17,18). The van der Waals surface area contributed by atoms with Gasteiger partial charge in [-0.2, -0.15) is 0 Å². The quantitative estimate of drug-likeness (QED) is 0.493. The van der Waals surface area contributed by atoms with E-state index in [0.29, 0.717) is 6.42 Å². The Morgan fingerprint density at radius 2 is 2.14 bits per heavy atom. The molecule has 0 aromatic heterocycles. The fourth-order valence-electron chi connectivity index (χ4n) is 1.96. The molecule has 1 rings (SSSR count). The molecule has 0 fully saturated rings. The molecule has 8 nitrogen and oxygen atoms in total. The van der Waals surface area contributed by atoms with E-state index in [0.717, 1.165) is 12.5 Å². The number of anilines is 1. The molecule has 1 atom stereocenters. The van der Waals surface area contributed by atoms with Crippen LogP contribution < -0.4 is 11.1 Å². The lowest BCUT2D eigenvalue weighted by molar-refractivity contribution is -0.384. The first-order chi connectivity index (χ1) is 9.85. The molecule has 0 spiro atoms. The van der Waals surface area contributed by atoms with Crippen molar-refractivity contribution >= 4 is 23.3 Å². The molecule has 1 unspecified atom stereocenters. The Balaban J connectivity index is 3.07. The van der Waals surface area contributed by atoms with Crippen molar-refractivity contribution < 1.29 is 19.6 Å². The number of hydrogen-bond acceptors (Lipinski definition) is 5. The number of carbonyl (C=O) groups is 2. The van der Waals surface area contributed by atoms with Crippen LogP contribution in [-0.4, -0.2) is 27.9 Å². The third kappa shape index (κ3) is 4.75. The van der Waals surface area contributed by atoms with Crippen LogP contribution in [0.2, 0.25) is 0 Å². The highest BCUT2D eigenvalue weighted by molar-refractivity contribution is 5.94. The molecule has 0 aliphatic rings. The fourth-order valence-corrected chi connectivity index (χ4v) is 1.96. The summed E-state index contributed by atoms with van der Waals surface area (Å²) in [5, 5.41) is 22.8. The number of nitro groups is 1. The molecule has 0 aliphatic heterocycles. The van der Waals surface area contributed by atoms with Crippen LogP contribution in [0.1, 0.15) is 36.5 Å². The van der Waals surface area contributed by atoms with Crippen molar-refractivity contribution in [3.63, 3.8) is 0 Å². The van der Waals surface area contributed by atoms with Gasteiger partial charge in [-0.1, -0.05) is 13.3 Å². The number of nitrogens with one attached hydrogen (secondary N) is 1. The second-order valence-electron chi connectivity index (χ2n) is 4.58. The minimum atomic E-state index is -0.989. The molecule has 0 bridgehead atoms. The summed E-state index contributed by atoms with van der Waals surface area (Å²) >= 11 is 0. The first-order valence-electron chi connectivity index (χ1n) is 6.41. The number of nitrogens with zero attached hydrogens (tertiary/aromatic N) is 1. The van der Waals surface area contributed by atoms with Crippen LogP contribution in [0.25, 0.3) is 0 Å². The third-order valence-electron chi connectivity index (χ3n) is 2.90. The second-order valence-corrected chi connectivity index (χ2v) is 4.58. The first-order valence-corrected chi connectivity index (χ1v) is 6.41. The number of hydrogen-bond donors (Lipinski definition) is 3. The van der Waals surface area contributed by atoms with Gasteiger partial charge in [0.1, 0.15) is 5.69 Å². The maximum Gasteiger partial charge on any atom is 0.305 e. The average molecular weight is 295 g/mol. The summed E-state index contributed by atoms with van der Waals surface area (Å²) in [4.78, 5) is 32.3. The van der Waals surface area contributed by atoms with E-state index < -0.39 is 22.8 Å². The van der Waals surface area contributed by atoms with Gasteiger partial charge in [0, 0.05) is 17.7 Å². The zero-order valence-electron chi connectivity index (χ0n) is 11.5. The van der Waals surface area contributed by atoms with Gasteiger partial charge in [0.25, 0.3) is 5.69 Å². The summed E-state index contributed by atoms with van der Waals surface area (Å²) in [7, 11) is 0. The van der Waals surface area contributed by atoms with E-state index in [9.17, 15) is 19.7 Å². The Bertz CT molecular complexity index is 559. The minimum Gasteiger partial charge on any atom is -0.481 e. The van der Waals surface area contributed by atoms with Gasteiger partial charge in [0.15, 0.2) is 0 Å². The van der Waals surface area contributed by atoms with Gasteiger partial charge in [0.05, 0.1) is 11.3 Å². The van der Waals surface area contributed by atoms with Crippen molar-refractivity contribution in [1.29, 1.82) is 0 Å². The van der Waals surface area contributed by atoms with Crippen LogP contribution in [0.5, 0.6) is 0 Å². The molecule has 21 heavy (non-hydrogen) atoms. The Kier molecular flexibility index (Phi) is 5.65. The number of nitrogens with two attached hydrogens (primary N) is 1. The number of carboxylic acids is 1. The van der Waals surface area contributed by atoms with Gasteiger partial charge in [-0.25, -0.2) is 0 Å². The van der Waals surface area contributed by atoms with E-state index >= 15 is 0 Å². The van der Waals surface area contributed by atoms with Crippen molar-refractivity contribution in [3.05, 3.63) is 33.9 Å². The molecule has 114 valence electrons. The molecule has 0 heterocycles.